The van der Waals surface area contributed by atoms with Crippen LogP contribution in [0.25, 0.3) is 10.2 Å². The lowest BCUT2D eigenvalue weighted by molar-refractivity contribution is 0.101. The molecule has 182 valence electrons. The fourth-order valence-electron chi connectivity index (χ4n) is 4.86. The van der Waals surface area contributed by atoms with E-state index in [1.165, 1.54) is 37.9 Å². The van der Waals surface area contributed by atoms with Gasteiger partial charge in [-0.3, -0.25) is 4.79 Å². The summed E-state index contributed by atoms with van der Waals surface area (Å²) < 4.78 is 9.13. The van der Waals surface area contributed by atoms with Crippen molar-refractivity contribution in [3.63, 3.8) is 0 Å². The number of piperidine rings is 1. The van der Waals surface area contributed by atoms with Crippen LogP contribution in [-0.4, -0.2) is 35.5 Å². The number of hydrogen-bond donors (Lipinski definition) is 1. The number of aromatic nitrogens is 1. The van der Waals surface area contributed by atoms with Gasteiger partial charge in [0.15, 0.2) is 0 Å². The third kappa shape index (κ3) is 5.60. The van der Waals surface area contributed by atoms with E-state index in [1.807, 2.05) is 53.4 Å². The second-order valence-electron chi connectivity index (χ2n) is 9.59. The Hall–Kier alpha value is -3.09. The molecule has 0 unspecified atom stereocenters. The molecule has 0 spiro atoms. The van der Waals surface area contributed by atoms with Gasteiger partial charge in [0.05, 0.1) is 10.2 Å². The number of nitrogens with one attached hydrogen (secondary N) is 1. The van der Waals surface area contributed by atoms with Crippen LogP contribution >= 0.6 is 11.3 Å². The number of benzene rings is 2. The van der Waals surface area contributed by atoms with Crippen LogP contribution in [0.5, 0.6) is 5.75 Å². The van der Waals surface area contributed by atoms with Gasteiger partial charge in [-0.15, -0.1) is 11.3 Å². The number of carbonyl (C=O) groups is 1. The molecule has 0 radical (unpaired) electrons. The number of thiophene rings is 1. The van der Waals surface area contributed by atoms with Gasteiger partial charge in [-0.05, 0) is 93.0 Å². The number of hydrogen-bond acceptors (Lipinski definition) is 4. The van der Waals surface area contributed by atoms with E-state index in [4.69, 9.17) is 4.74 Å². The molecule has 1 aliphatic rings. The number of carbonyl (C=O) groups excluding carboxylic acids is 1. The van der Waals surface area contributed by atoms with Crippen LogP contribution in [-0.2, 0) is 20.1 Å². The van der Waals surface area contributed by atoms with E-state index >= 15 is 0 Å². The molecule has 0 atom stereocenters. The fraction of sp³-hybridized carbons (Fsp3) is 0.345. The topological polar surface area (TPSA) is 46.5 Å². The number of aryl methyl sites for hydroxylation is 2. The fourth-order valence-corrected chi connectivity index (χ4v) is 5.71. The van der Waals surface area contributed by atoms with Crippen molar-refractivity contribution < 1.29 is 9.53 Å². The molecule has 0 saturated carbocycles. The van der Waals surface area contributed by atoms with E-state index in [-0.39, 0.29) is 5.91 Å². The first-order valence-electron chi connectivity index (χ1n) is 12.4. The highest BCUT2D eigenvalue weighted by atomic mass is 32.1. The maximum atomic E-state index is 13.0. The third-order valence-electron chi connectivity index (χ3n) is 7.16. The Balaban J connectivity index is 1.17. The van der Waals surface area contributed by atoms with Crippen LogP contribution in [0, 0.1) is 5.92 Å². The monoisotopic (exact) mass is 487 g/mol. The van der Waals surface area contributed by atoms with Crippen LogP contribution < -0.4 is 10.1 Å². The molecule has 1 saturated heterocycles. The Bertz CT molecular complexity index is 1280. The summed E-state index contributed by atoms with van der Waals surface area (Å²) in [5.74, 6) is 1.58. The number of nitrogens with zero attached hydrogens (tertiary/aromatic N) is 2. The van der Waals surface area contributed by atoms with Crippen LogP contribution in [0.15, 0.2) is 66.0 Å². The van der Waals surface area contributed by atoms with E-state index in [1.54, 1.807) is 11.3 Å². The minimum Gasteiger partial charge on any atom is -0.489 e. The molecule has 2 aromatic heterocycles. The summed E-state index contributed by atoms with van der Waals surface area (Å²) in [6.45, 7) is 2.85. The molecule has 5 nitrogen and oxygen atoms in total. The van der Waals surface area contributed by atoms with Crippen molar-refractivity contribution in [3.8, 4) is 5.75 Å². The molecule has 1 N–H and O–H groups in total. The van der Waals surface area contributed by atoms with Crippen molar-refractivity contribution in [1.29, 1.82) is 0 Å². The van der Waals surface area contributed by atoms with Gasteiger partial charge < -0.3 is 19.5 Å². The van der Waals surface area contributed by atoms with Gasteiger partial charge in [-0.25, -0.2) is 0 Å². The standard InChI is InChI=1S/C29H33N3O2S/c1-31-16-13-22(14-17-31)8-7-21-9-11-24(12-10-21)34-20-23-5-3-4-6-25(23)30-29(33)27-19-28-26(32(27)2)15-18-35-28/h3-6,9-12,15,18-19,22H,7-8,13-14,16-17,20H2,1-2H3,(H,30,33). The maximum Gasteiger partial charge on any atom is 0.272 e. The number of ether oxygens (including phenoxy) is 1. The maximum absolute atomic E-state index is 13.0. The zero-order valence-corrected chi connectivity index (χ0v) is 21.3. The third-order valence-corrected chi connectivity index (χ3v) is 8.01. The zero-order chi connectivity index (χ0) is 24.2. The summed E-state index contributed by atoms with van der Waals surface area (Å²) in [6.07, 6.45) is 5.02. The Kier molecular flexibility index (Phi) is 7.21. The summed E-state index contributed by atoms with van der Waals surface area (Å²) in [5, 5.41) is 5.12. The first-order valence-corrected chi connectivity index (χ1v) is 13.3. The summed E-state index contributed by atoms with van der Waals surface area (Å²) in [4.78, 5) is 15.4. The number of likely N-dealkylation sites (tertiary alicyclic amines) is 1. The molecule has 2 aromatic carbocycles. The van der Waals surface area contributed by atoms with Gasteiger partial charge in [0.25, 0.3) is 5.91 Å². The van der Waals surface area contributed by atoms with E-state index < -0.39 is 0 Å². The number of fused-ring (bicyclic) bond motifs is 1. The average molecular weight is 488 g/mol. The van der Waals surface area contributed by atoms with E-state index in [0.29, 0.717) is 12.3 Å². The number of amides is 1. The Morgan fingerprint density at radius 2 is 1.83 bits per heavy atom. The van der Waals surface area contributed by atoms with Crippen molar-refractivity contribution in [2.24, 2.45) is 13.0 Å². The highest BCUT2D eigenvalue weighted by molar-refractivity contribution is 7.17. The number of anilines is 1. The molecule has 1 aliphatic heterocycles. The molecule has 3 heterocycles. The molecule has 0 aliphatic carbocycles. The second kappa shape index (κ2) is 10.7. The minimum atomic E-state index is -0.114. The molecular formula is C29H33N3O2S. The zero-order valence-electron chi connectivity index (χ0n) is 20.5. The first-order chi connectivity index (χ1) is 17.1. The summed E-state index contributed by atoms with van der Waals surface area (Å²) in [7, 11) is 4.14. The highest BCUT2D eigenvalue weighted by Gasteiger charge is 2.17. The van der Waals surface area contributed by atoms with Crippen LogP contribution in [0.4, 0.5) is 5.69 Å². The Morgan fingerprint density at radius 3 is 2.60 bits per heavy atom. The minimum absolute atomic E-state index is 0.114. The predicted octanol–water partition coefficient (Wildman–Crippen LogP) is 6.35. The lowest BCUT2D eigenvalue weighted by atomic mass is 9.91. The molecule has 35 heavy (non-hydrogen) atoms. The molecule has 5 rings (SSSR count). The summed E-state index contributed by atoms with van der Waals surface area (Å²) in [6, 6.07) is 20.3. The normalized spacial score (nSPS) is 14.9. The van der Waals surface area contributed by atoms with Crippen molar-refractivity contribution in [2.75, 3.05) is 25.5 Å². The lowest BCUT2D eigenvalue weighted by Crippen LogP contribution is -2.30. The largest absolute Gasteiger partial charge is 0.489 e. The van der Waals surface area contributed by atoms with Gasteiger partial charge in [-0.2, -0.15) is 0 Å². The highest BCUT2D eigenvalue weighted by Crippen LogP contribution is 2.26. The van der Waals surface area contributed by atoms with Crippen LogP contribution in [0.2, 0.25) is 0 Å². The van der Waals surface area contributed by atoms with Gasteiger partial charge >= 0.3 is 0 Å². The van der Waals surface area contributed by atoms with E-state index in [0.717, 1.165) is 39.6 Å². The molecule has 1 fully saturated rings. The van der Waals surface area contributed by atoms with Crippen molar-refractivity contribution in [2.45, 2.75) is 32.3 Å². The van der Waals surface area contributed by atoms with Gasteiger partial charge in [0.2, 0.25) is 0 Å². The van der Waals surface area contributed by atoms with Crippen LogP contribution in [0.1, 0.15) is 40.9 Å². The van der Waals surface area contributed by atoms with Crippen molar-refractivity contribution in [3.05, 3.63) is 82.9 Å². The van der Waals surface area contributed by atoms with Crippen molar-refractivity contribution in [1.82, 2.24) is 9.47 Å². The SMILES string of the molecule is CN1CCC(CCc2ccc(OCc3ccccc3NC(=O)c3cc4sccc4n3C)cc2)CC1. The molecule has 0 bridgehead atoms. The van der Waals surface area contributed by atoms with Gasteiger partial charge in [0, 0.05) is 18.3 Å². The number of rotatable bonds is 8. The predicted molar refractivity (Wildman–Crippen MR) is 145 cm³/mol. The quantitative estimate of drug-likeness (QED) is 0.315. The summed E-state index contributed by atoms with van der Waals surface area (Å²) in [5.41, 5.74) is 4.82. The van der Waals surface area contributed by atoms with E-state index in [2.05, 4.69) is 41.5 Å². The Morgan fingerprint density at radius 1 is 1.06 bits per heavy atom. The van der Waals surface area contributed by atoms with Crippen LogP contribution in [0.3, 0.4) is 0 Å². The summed E-state index contributed by atoms with van der Waals surface area (Å²) >= 11 is 1.64. The Labute approximate surface area is 211 Å². The lowest BCUT2D eigenvalue weighted by Gasteiger charge is -2.28. The van der Waals surface area contributed by atoms with Crippen molar-refractivity contribution >= 4 is 33.1 Å². The average Bonchev–Trinajstić information content (AvgIpc) is 3.47. The van der Waals surface area contributed by atoms with Gasteiger partial charge in [-0.1, -0.05) is 30.3 Å². The first kappa shape index (κ1) is 23.6. The molecule has 4 aromatic rings. The molecular weight excluding hydrogens is 454 g/mol. The van der Waals surface area contributed by atoms with E-state index in [9.17, 15) is 4.79 Å². The molecule has 1 amide bonds. The van der Waals surface area contributed by atoms with Gasteiger partial charge in [0.1, 0.15) is 18.1 Å². The smallest absolute Gasteiger partial charge is 0.272 e. The molecule has 6 heteroatoms. The number of para-hydroxylation sites is 1. The second-order valence-corrected chi connectivity index (χ2v) is 10.5.